The van der Waals surface area contributed by atoms with Gasteiger partial charge in [0, 0.05) is 24.7 Å². The molecule has 1 aromatic rings. The molecular formula is C12H14ClN3O2S. The third-order valence-corrected chi connectivity index (χ3v) is 5.45. The molecule has 19 heavy (non-hydrogen) atoms. The van der Waals surface area contributed by atoms with Crippen molar-refractivity contribution in [1.29, 1.82) is 5.26 Å². The topological polar surface area (TPSA) is 73.2 Å². The first-order valence-corrected chi connectivity index (χ1v) is 7.67. The Morgan fingerprint density at radius 1 is 1.53 bits per heavy atom. The van der Waals surface area contributed by atoms with Crippen molar-refractivity contribution in [3.8, 4) is 6.07 Å². The Kier molecular flexibility index (Phi) is 4.11. The molecular weight excluding hydrogens is 286 g/mol. The molecule has 1 saturated heterocycles. The minimum Gasteiger partial charge on any atom is -0.315 e. The number of halogens is 1. The Bertz CT molecular complexity index is 618. The summed E-state index contributed by atoms with van der Waals surface area (Å²) in [5.74, 6) is 0. The number of likely N-dealkylation sites (N-methyl/N-ethyl adjacent to an activating group) is 1. The lowest BCUT2D eigenvalue weighted by Gasteiger charge is -2.23. The van der Waals surface area contributed by atoms with E-state index in [1.54, 1.807) is 0 Å². The highest BCUT2D eigenvalue weighted by atomic mass is 35.5. The van der Waals surface area contributed by atoms with Crippen LogP contribution in [0.25, 0.3) is 0 Å². The summed E-state index contributed by atoms with van der Waals surface area (Å²) >= 11 is 5.84. The molecule has 0 saturated carbocycles. The average Bonchev–Trinajstić information content (AvgIpc) is 2.91. The van der Waals surface area contributed by atoms with Gasteiger partial charge in [0.1, 0.15) is 11.0 Å². The molecule has 0 bridgehead atoms. The molecule has 7 heteroatoms. The van der Waals surface area contributed by atoms with Crippen LogP contribution in [0.2, 0.25) is 5.02 Å². The summed E-state index contributed by atoms with van der Waals surface area (Å²) in [7, 11) is -2.16. The average molecular weight is 300 g/mol. The maximum Gasteiger partial charge on any atom is 0.244 e. The van der Waals surface area contributed by atoms with Crippen molar-refractivity contribution in [2.24, 2.45) is 0 Å². The van der Waals surface area contributed by atoms with E-state index in [-0.39, 0.29) is 16.5 Å². The van der Waals surface area contributed by atoms with Crippen LogP contribution >= 0.6 is 11.6 Å². The lowest BCUT2D eigenvalue weighted by molar-refractivity contribution is 0.387. The van der Waals surface area contributed by atoms with E-state index in [0.717, 1.165) is 13.0 Å². The molecule has 102 valence electrons. The number of hydrogen-bond donors (Lipinski definition) is 1. The van der Waals surface area contributed by atoms with Gasteiger partial charge in [-0.3, -0.25) is 0 Å². The SMILES string of the molecule is CN(C1CCNC1)S(=O)(=O)c1cc(Cl)ccc1C#N. The minimum atomic E-state index is -3.70. The maximum absolute atomic E-state index is 12.5. The van der Waals surface area contributed by atoms with Crippen LogP contribution in [-0.2, 0) is 10.0 Å². The number of hydrogen-bond acceptors (Lipinski definition) is 4. The van der Waals surface area contributed by atoms with E-state index in [4.69, 9.17) is 16.9 Å². The third kappa shape index (κ3) is 2.74. The Hall–Kier alpha value is -1.13. The van der Waals surface area contributed by atoms with Gasteiger partial charge in [0.05, 0.1) is 5.56 Å². The largest absolute Gasteiger partial charge is 0.315 e. The van der Waals surface area contributed by atoms with Gasteiger partial charge >= 0.3 is 0 Å². The number of sulfonamides is 1. The first kappa shape index (κ1) is 14.3. The van der Waals surface area contributed by atoms with E-state index in [1.165, 1.54) is 29.6 Å². The Balaban J connectivity index is 2.44. The summed E-state index contributed by atoms with van der Waals surface area (Å²) in [5.41, 5.74) is 0.113. The summed E-state index contributed by atoms with van der Waals surface area (Å²) in [5, 5.41) is 12.5. The first-order chi connectivity index (χ1) is 8.96. The van der Waals surface area contributed by atoms with E-state index in [0.29, 0.717) is 11.6 Å². The van der Waals surface area contributed by atoms with Crippen molar-refractivity contribution < 1.29 is 8.42 Å². The van der Waals surface area contributed by atoms with E-state index in [9.17, 15) is 8.42 Å². The Morgan fingerprint density at radius 3 is 2.84 bits per heavy atom. The van der Waals surface area contributed by atoms with Crippen molar-refractivity contribution in [3.63, 3.8) is 0 Å². The van der Waals surface area contributed by atoms with Crippen LogP contribution in [0.15, 0.2) is 23.1 Å². The standard InChI is InChI=1S/C12H14ClN3O2S/c1-16(11-4-5-15-8-11)19(17,18)12-6-10(13)3-2-9(12)7-14/h2-3,6,11,15H,4-5,8H2,1H3. The predicted octanol–water partition coefficient (Wildman–Crippen LogP) is 1.19. The van der Waals surface area contributed by atoms with Crippen molar-refractivity contribution in [1.82, 2.24) is 9.62 Å². The van der Waals surface area contributed by atoms with E-state index < -0.39 is 10.0 Å². The van der Waals surface area contributed by atoms with Gasteiger partial charge in [0.15, 0.2) is 0 Å². The van der Waals surface area contributed by atoms with Gasteiger partial charge in [-0.15, -0.1) is 0 Å². The normalized spacial score (nSPS) is 19.6. The molecule has 1 atom stereocenters. The number of rotatable bonds is 3. The van der Waals surface area contributed by atoms with E-state index in [2.05, 4.69) is 5.32 Å². The van der Waals surface area contributed by atoms with Crippen LogP contribution in [0, 0.1) is 11.3 Å². The predicted molar refractivity (Wildman–Crippen MR) is 72.4 cm³/mol. The lowest BCUT2D eigenvalue weighted by atomic mass is 10.2. The number of benzene rings is 1. The van der Waals surface area contributed by atoms with Crippen LogP contribution in [0.5, 0.6) is 0 Å². The third-order valence-electron chi connectivity index (χ3n) is 3.27. The van der Waals surface area contributed by atoms with Gasteiger partial charge in [-0.1, -0.05) is 11.6 Å². The first-order valence-electron chi connectivity index (χ1n) is 5.85. The molecule has 5 nitrogen and oxygen atoms in total. The maximum atomic E-state index is 12.5. The second-order valence-electron chi connectivity index (χ2n) is 4.42. The summed E-state index contributed by atoms with van der Waals surface area (Å²) in [4.78, 5) is -0.0306. The van der Waals surface area contributed by atoms with Crippen LogP contribution in [0.3, 0.4) is 0 Å². The van der Waals surface area contributed by atoms with Gasteiger partial charge in [-0.2, -0.15) is 9.57 Å². The highest BCUT2D eigenvalue weighted by Crippen LogP contribution is 2.25. The smallest absolute Gasteiger partial charge is 0.244 e. The lowest BCUT2D eigenvalue weighted by Crippen LogP contribution is -2.38. The van der Waals surface area contributed by atoms with Gasteiger partial charge < -0.3 is 5.32 Å². The van der Waals surface area contributed by atoms with Gasteiger partial charge in [-0.05, 0) is 31.2 Å². The van der Waals surface area contributed by atoms with Crippen LogP contribution in [0.4, 0.5) is 0 Å². The van der Waals surface area contributed by atoms with Gasteiger partial charge in [0.25, 0.3) is 0 Å². The number of nitrogens with zero attached hydrogens (tertiary/aromatic N) is 2. The molecule has 0 spiro atoms. The highest BCUT2D eigenvalue weighted by molar-refractivity contribution is 7.89. The molecule has 1 aliphatic rings. The zero-order valence-electron chi connectivity index (χ0n) is 10.4. The molecule has 2 rings (SSSR count). The molecule has 0 aliphatic carbocycles. The van der Waals surface area contributed by atoms with Crippen molar-refractivity contribution >= 4 is 21.6 Å². The molecule has 0 aromatic heterocycles. The van der Waals surface area contributed by atoms with Gasteiger partial charge in [0.2, 0.25) is 10.0 Å². The second-order valence-corrected chi connectivity index (χ2v) is 6.82. The summed E-state index contributed by atoms with van der Waals surface area (Å²) in [6.07, 6.45) is 0.762. The molecule has 0 radical (unpaired) electrons. The van der Waals surface area contributed by atoms with Crippen LogP contribution < -0.4 is 5.32 Å². The van der Waals surface area contributed by atoms with E-state index >= 15 is 0 Å². The Labute approximate surface area is 117 Å². The molecule has 1 aliphatic heterocycles. The summed E-state index contributed by atoms with van der Waals surface area (Å²) in [6.45, 7) is 1.42. The fourth-order valence-electron chi connectivity index (χ4n) is 2.10. The van der Waals surface area contributed by atoms with Crippen molar-refractivity contribution in [2.45, 2.75) is 17.4 Å². The number of nitrogens with one attached hydrogen (secondary N) is 1. The summed E-state index contributed by atoms with van der Waals surface area (Å²) in [6, 6.07) is 6.07. The monoisotopic (exact) mass is 299 g/mol. The minimum absolute atomic E-state index is 0.0306. The quantitative estimate of drug-likeness (QED) is 0.910. The Morgan fingerprint density at radius 2 is 2.26 bits per heavy atom. The van der Waals surface area contributed by atoms with Crippen molar-refractivity contribution in [3.05, 3.63) is 28.8 Å². The van der Waals surface area contributed by atoms with Crippen LogP contribution in [-0.4, -0.2) is 38.9 Å². The van der Waals surface area contributed by atoms with Crippen molar-refractivity contribution in [2.75, 3.05) is 20.1 Å². The molecule has 1 N–H and O–H groups in total. The highest BCUT2D eigenvalue weighted by Gasteiger charge is 2.31. The number of nitriles is 1. The van der Waals surface area contributed by atoms with Crippen LogP contribution in [0.1, 0.15) is 12.0 Å². The fraction of sp³-hybridized carbons (Fsp3) is 0.417. The zero-order chi connectivity index (χ0) is 14.0. The second kappa shape index (κ2) is 5.47. The van der Waals surface area contributed by atoms with E-state index in [1.807, 2.05) is 6.07 Å². The molecule has 1 unspecified atom stereocenters. The van der Waals surface area contributed by atoms with Gasteiger partial charge in [-0.25, -0.2) is 8.42 Å². The molecule has 1 heterocycles. The fourth-order valence-corrected chi connectivity index (χ4v) is 3.89. The summed E-state index contributed by atoms with van der Waals surface area (Å²) < 4.78 is 26.4. The molecule has 0 amide bonds. The molecule has 1 aromatic carbocycles. The molecule has 1 fully saturated rings. The zero-order valence-corrected chi connectivity index (χ0v) is 12.0.